The third-order valence-corrected chi connectivity index (χ3v) is 4.79. The highest BCUT2D eigenvalue weighted by Crippen LogP contribution is 2.37. The molecule has 0 aliphatic carbocycles. The van der Waals surface area contributed by atoms with Gasteiger partial charge in [0, 0.05) is 13.7 Å². The topological polar surface area (TPSA) is 101 Å². The highest BCUT2D eigenvalue weighted by atomic mass is 35.5. The molecule has 2 aliphatic rings. The van der Waals surface area contributed by atoms with E-state index in [1.165, 1.54) is 0 Å². The van der Waals surface area contributed by atoms with Gasteiger partial charge in [0.2, 0.25) is 11.8 Å². The highest BCUT2D eigenvalue weighted by molar-refractivity contribution is 5.85. The van der Waals surface area contributed by atoms with Crippen LogP contribution in [0.1, 0.15) is 31.0 Å². The van der Waals surface area contributed by atoms with Crippen molar-refractivity contribution in [2.45, 2.75) is 38.3 Å². The third-order valence-electron chi connectivity index (χ3n) is 4.79. The fourth-order valence-electron chi connectivity index (χ4n) is 3.38. The Kier molecular flexibility index (Phi) is 9.09. The lowest BCUT2D eigenvalue weighted by atomic mass is 9.77. The number of nitrogens with one attached hydrogen (secondary N) is 3. The van der Waals surface area contributed by atoms with Gasteiger partial charge in [-0.25, -0.2) is 0 Å². The van der Waals surface area contributed by atoms with Crippen molar-refractivity contribution in [1.29, 1.82) is 0 Å². The molecule has 0 saturated carbocycles. The minimum absolute atomic E-state index is 0. The largest absolute Gasteiger partial charge is 0.384 e. The van der Waals surface area contributed by atoms with Crippen LogP contribution in [0.4, 0.5) is 0 Å². The van der Waals surface area contributed by atoms with Crippen LogP contribution in [0.2, 0.25) is 0 Å². The van der Waals surface area contributed by atoms with E-state index in [0.29, 0.717) is 31.3 Å². The predicted octanol–water partition coefficient (Wildman–Crippen LogP) is 0.450. The monoisotopic (exact) mass is 395 g/mol. The van der Waals surface area contributed by atoms with E-state index in [-0.39, 0.29) is 42.2 Å². The zero-order chi connectivity index (χ0) is 16.1. The molecular formula is C15H27Cl2N5O3. The number of ether oxygens (including phenoxy) is 1. The Labute approximate surface area is 160 Å². The maximum absolute atomic E-state index is 12.3. The molecule has 1 spiro atoms. The van der Waals surface area contributed by atoms with Gasteiger partial charge in [0.25, 0.3) is 0 Å². The molecular weight excluding hydrogens is 369 g/mol. The predicted molar refractivity (Wildman–Crippen MR) is 97.2 cm³/mol. The van der Waals surface area contributed by atoms with E-state index >= 15 is 0 Å². The molecule has 3 heterocycles. The normalized spacial score (nSPS) is 21.4. The molecule has 1 atom stereocenters. The maximum atomic E-state index is 12.3. The van der Waals surface area contributed by atoms with Crippen molar-refractivity contribution in [2.24, 2.45) is 5.41 Å². The summed E-state index contributed by atoms with van der Waals surface area (Å²) in [5.74, 6) is 1.05. The number of halogens is 2. The smallest absolute Gasteiger partial charge is 0.237 e. The summed E-state index contributed by atoms with van der Waals surface area (Å²) in [6, 6.07) is -0.118. The molecule has 144 valence electrons. The van der Waals surface area contributed by atoms with Gasteiger partial charge in [-0.05, 0) is 37.8 Å². The zero-order valence-electron chi connectivity index (χ0n) is 14.4. The molecule has 10 heteroatoms. The summed E-state index contributed by atoms with van der Waals surface area (Å²) in [5.41, 5.74) is 0.284. The minimum atomic E-state index is -0.118. The summed E-state index contributed by atoms with van der Waals surface area (Å²) in [6.45, 7) is 3.85. The molecule has 3 rings (SSSR count). The van der Waals surface area contributed by atoms with Crippen LogP contribution in [0.25, 0.3) is 0 Å². The number of aromatic nitrogens is 2. The van der Waals surface area contributed by atoms with Crippen molar-refractivity contribution in [2.75, 3.05) is 33.4 Å². The van der Waals surface area contributed by atoms with Gasteiger partial charge in [-0.2, -0.15) is 4.98 Å². The van der Waals surface area contributed by atoms with Crippen LogP contribution in [0, 0.1) is 5.41 Å². The maximum Gasteiger partial charge on any atom is 0.237 e. The van der Waals surface area contributed by atoms with Gasteiger partial charge < -0.3 is 25.2 Å². The Morgan fingerprint density at radius 1 is 1.40 bits per heavy atom. The lowest BCUT2D eigenvalue weighted by Gasteiger charge is -2.33. The second-order valence-electron chi connectivity index (χ2n) is 6.45. The number of nitrogens with zero attached hydrogens (tertiary/aromatic N) is 2. The van der Waals surface area contributed by atoms with Gasteiger partial charge in [0.05, 0.1) is 25.6 Å². The highest BCUT2D eigenvalue weighted by Gasteiger charge is 2.42. The van der Waals surface area contributed by atoms with Gasteiger partial charge in [-0.3, -0.25) is 4.79 Å². The average molecular weight is 396 g/mol. The molecule has 0 aromatic carbocycles. The van der Waals surface area contributed by atoms with E-state index in [1.807, 2.05) is 0 Å². The second kappa shape index (κ2) is 10.3. The summed E-state index contributed by atoms with van der Waals surface area (Å²) in [4.78, 5) is 16.6. The van der Waals surface area contributed by atoms with Crippen LogP contribution >= 0.6 is 24.8 Å². The Morgan fingerprint density at radius 2 is 2.16 bits per heavy atom. The molecule has 1 unspecified atom stereocenters. The molecule has 8 nitrogen and oxygen atoms in total. The lowest BCUT2D eigenvalue weighted by Crippen LogP contribution is -2.40. The van der Waals surface area contributed by atoms with Gasteiger partial charge >= 0.3 is 0 Å². The molecule has 3 N–H and O–H groups in total. The van der Waals surface area contributed by atoms with Crippen LogP contribution in [-0.4, -0.2) is 55.4 Å². The fourth-order valence-corrected chi connectivity index (χ4v) is 3.38. The van der Waals surface area contributed by atoms with Crippen LogP contribution in [0.15, 0.2) is 4.52 Å². The summed E-state index contributed by atoms with van der Waals surface area (Å²) in [7, 11) is 1.63. The second-order valence-corrected chi connectivity index (χ2v) is 6.45. The molecule has 2 fully saturated rings. The van der Waals surface area contributed by atoms with Gasteiger partial charge in [0.1, 0.15) is 0 Å². The standard InChI is InChI=1S/C15H25N5O3.2ClH/c1-22-7-2-13-19-12(20-23-13)9-17-14(21)11-8-15(10-18-11)3-5-16-6-4-15;;/h11,16,18H,2-10H2,1H3,(H,17,21);2*1H. The zero-order valence-corrected chi connectivity index (χ0v) is 16.0. The first-order valence-electron chi connectivity index (χ1n) is 8.23. The molecule has 0 bridgehead atoms. The van der Waals surface area contributed by atoms with Gasteiger partial charge in [-0.15, -0.1) is 24.8 Å². The van der Waals surface area contributed by atoms with E-state index in [9.17, 15) is 4.79 Å². The Morgan fingerprint density at radius 3 is 2.88 bits per heavy atom. The summed E-state index contributed by atoms with van der Waals surface area (Å²) < 4.78 is 10.1. The Bertz CT molecular complexity index is 537. The minimum Gasteiger partial charge on any atom is -0.384 e. The van der Waals surface area contributed by atoms with Crippen molar-refractivity contribution in [3.05, 3.63) is 11.7 Å². The van der Waals surface area contributed by atoms with Crippen molar-refractivity contribution in [1.82, 2.24) is 26.1 Å². The van der Waals surface area contributed by atoms with Gasteiger partial charge in [-0.1, -0.05) is 5.16 Å². The fraction of sp³-hybridized carbons (Fsp3) is 0.800. The Balaban J connectivity index is 0.00000156. The van der Waals surface area contributed by atoms with Crippen LogP contribution < -0.4 is 16.0 Å². The quantitative estimate of drug-likeness (QED) is 0.642. The average Bonchev–Trinajstić information content (AvgIpc) is 3.19. The Hall–Kier alpha value is -0.930. The number of rotatable bonds is 6. The van der Waals surface area contributed by atoms with Crippen molar-refractivity contribution in [3.8, 4) is 0 Å². The molecule has 1 amide bonds. The van der Waals surface area contributed by atoms with E-state index in [1.54, 1.807) is 7.11 Å². The SMILES string of the molecule is COCCc1nc(CNC(=O)C2CC3(CCNCC3)CN2)no1.Cl.Cl. The number of carbonyl (C=O) groups excluding carboxylic acids is 1. The number of methoxy groups -OCH3 is 1. The summed E-state index contributed by atoms with van der Waals surface area (Å²) in [5, 5.41) is 13.5. The number of piperidine rings is 1. The molecule has 0 radical (unpaired) electrons. The molecule has 1 aromatic rings. The van der Waals surface area contributed by atoms with E-state index in [4.69, 9.17) is 9.26 Å². The third kappa shape index (κ3) is 5.79. The first kappa shape index (κ1) is 22.1. The lowest BCUT2D eigenvalue weighted by molar-refractivity contribution is -0.123. The number of hydrogen-bond acceptors (Lipinski definition) is 7. The van der Waals surface area contributed by atoms with Crippen molar-refractivity contribution < 1.29 is 14.1 Å². The molecule has 25 heavy (non-hydrogen) atoms. The summed E-state index contributed by atoms with van der Waals surface area (Å²) >= 11 is 0. The van der Waals surface area contributed by atoms with E-state index < -0.39 is 0 Å². The van der Waals surface area contributed by atoms with Crippen LogP contribution in [-0.2, 0) is 22.5 Å². The molecule has 2 aliphatic heterocycles. The van der Waals surface area contributed by atoms with Crippen molar-refractivity contribution in [3.63, 3.8) is 0 Å². The molecule has 2 saturated heterocycles. The van der Waals surface area contributed by atoms with Gasteiger partial charge in [0.15, 0.2) is 5.82 Å². The first-order valence-corrected chi connectivity index (χ1v) is 8.23. The molecule has 1 aromatic heterocycles. The van der Waals surface area contributed by atoms with Crippen LogP contribution in [0.3, 0.4) is 0 Å². The van der Waals surface area contributed by atoms with Crippen molar-refractivity contribution >= 4 is 30.7 Å². The van der Waals surface area contributed by atoms with E-state index in [2.05, 4.69) is 26.1 Å². The summed E-state index contributed by atoms with van der Waals surface area (Å²) in [6.07, 6.45) is 3.76. The number of carbonyl (C=O) groups is 1. The number of hydrogen-bond donors (Lipinski definition) is 3. The van der Waals surface area contributed by atoms with E-state index in [0.717, 1.165) is 38.9 Å². The first-order chi connectivity index (χ1) is 11.2. The number of amides is 1. The van der Waals surface area contributed by atoms with Crippen LogP contribution in [0.5, 0.6) is 0 Å².